The molecule has 0 saturated carbocycles. The predicted octanol–water partition coefficient (Wildman–Crippen LogP) is 1.40. The van der Waals surface area contributed by atoms with E-state index < -0.39 is 10.0 Å². The monoisotopic (exact) mass is 326 g/mol. The van der Waals surface area contributed by atoms with E-state index in [0.29, 0.717) is 10.8 Å². The standard InChI is InChI=1S/C12H14N4O3S2/c1-8-14-15-12(20-8)13-11(17)7-9-3-5-10(6-4-9)16-21(2,18)19/h3-6,16H,7H2,1-2H3,(H,13,15,17). The largest absolute Gasteiger partial charge is 0.300 e. The van der Waals surface area contributed by atoms with E-state index in [1.54, 1.807) is 31.2 Å². The first-order valence-corrected chi connectivity index (χ1v) is 8.69. The Morgan fingerprint density at radius 3 is 2.43 bits per heavy atom. The Balaban J connectivity index is 1.95. The van der Waals surface area contributed by atoms with Gasteiger partial charge in [-0.15, -0.1) is 10.2 Å². The van der Waals surface area contributed by atoms with Crippen LogP contribution in [0.1, 0.15) is 10.6 Å². The van der Waals surface area contributed by atoms with Gasteiger partial charge in [-0.2, -0.15) is 0 Å². The third-order valence-corrected chi connectivity index (χ3v) is 3.75. The second-order valence-electron chi connectivity index (χ2n) is 4.42. The van der Waals surface area contributed by atoms with Crippen LogP contribution in [-0.4, -0.2) is 30.8 Å². The maximum atomic E-state index is 11.8. The van der Waals surface area contributed by atoms with Crippen molar-refractivity contribution in [2.24, 2.45) is 0 Å². The highest BCUT2D eigenvalue weighted by Gasteiger charge is 2.08. The van der Waals surface area contributed by atoms with Crippen LogP contribution in [0, 0.1) is 6.92 Å². The third-order valence-electron chi connectivity index (χ3n) is 2.39. The Bertz CT molecular complexity index is 738. The molecule has 1 aromatic carbocycles. The molecule has 7 nitrogen and oxygen atoms in total. The fraction of sp³-hybridized carbons (Fsp3) is 0.250. The number of amides is 1. The highest BCUT2D eigenvalue weighted by molar-refractivity contribution is 7.92. The fourth-order valence-electron chi connectivity index (χ4n) is 1.60. The normalized spacial score (nSPS) is 11.1. The van der Waals surface area contributed by atoms with Crippen molar-refractivity contribution in [1.82, 2.24) is 10.2 Å². The first-order valence-electron chi connectivity index (χ1n) is 5.98. The second-order valence-corrected chi connectivity index (χ2v) is 7.35. The Kier molecular flexibility index (Phi) is 4.53. The molecule has 0 aliphatic carbocycles. The molecular formula is C12H14N4O3S2. The molecule has 0 bridgehead atoms. The zero-order chi connectivity index (χ0) is 15.5. The lowest BCUT2D eigenvalue weighted by molar-refractivity contribution is -0.115. The first-order chi connectivity index (χ1) is 9.82. The van der Waals surface area contributed by atoms with E-state index in [0.717, 1.165) is 16.8 Å². The molecule has 0 fully saturated rings. The zero-order valence-electron chi connectivity index (χ0n) is 11.5. The van der Waals surface area contributed by atoms with Gasteiger partial charge < -0.3 is 5.32 Å². The van der Waals surface area contributed by atoms with Crippen LogP contribution in [0.5, 0.6) is 0 Å². The van der Waals surface area contributed by atoms with Gasteiger partial charge >= 0.3 is 0 Å². The van der Waals surface area contributed by atoms with Crippen molar-refractivity contribution >= 4 is 38.1 Å². The average molecular weight is 326 g/mol. The van der Waals surface area contributed by atoms with Gasteiger partial charge in [0.2, 0.25) is 21.1 Å². The van der Waals surface area contributed by atoms with Crippen LogP contribution in [0.25, 0.3) is 0 Å². The Hall–Kier alpha value is -2.00. The number of nitrogens with zero attached hydrogens (tertiary/aromatic N) is 2. The van der Waals surface area contributed by atoms with Crippen molar-refractivity contribution in [3.05, 3.63) is 34.8 Å². The van der Waals surface area contributed by atoms with Crippen molar-refractivity contribution in [2.75, 3.05) is 16.3 Å². The van der Waals surface area contributed by atoms with Gasteiger partial charge in [0, 0.05) is 5.69 Å². The first kappa shape index (κ1) is 15.4. The van der Waals surface area contributed by atoms with Crippen molar-refractivity contribution < 1.29 is 13.2 Å². The van der Waals surface area contributed by atoms with E-state index in [-0.39, 0.29) is 12.3 Å². The van der Waals surface area contributed by atoms with Crippen LogP contribution in [0.4, 0.5) is 10.8 Å². The molecule has 21 heavy (non-hydrogen) atoms. The number of carbonyl (C=O) groups excluding carboxylic acids is 1. The number of carbonyl (C=O) groups is 1. The van der Waals surface area contributed by atoms with Gasteiger partial charge in [-0.3, -0.25) is 9.52 Å². The smallest absolute Gasteiger partial charge is 0.230 e. The number of anilines is 2. The van der Waals surface area contributed by atoms with Gasteiger partial charge in [-0.05, 0) is 24.6 Å². The maximum absolute atomic E-state index is 11.8. The number of rotatable bonds is 5. The second kappa shape index (κ2) is 6.19. The topological polar surface area (TPSA) is 101 Å². The van der Waals surface area contributed by atoms with Crippen molar-refractivity contribution in [2.45, 2.75) is 13.3 Å². The van der Waals surface area contributed by atoms with E-state index in [9.17, 15) is 13.2 Å². The summed E-state index contributed by atoms with van der Waals surface area (Å²) in [5, 5.41) is 11.5. The number of hydrogen-bond donors (Lipinski definition) is 2. The number of aromatic nitrogens is 2. The van der Waals surface area contributed by atoms with Crippen LogP contribution in [0.15, 0.2) is 24.3 Å². The molecule has 1 heterocycles. The lowest BCUT2D eigenvalue weighted by atomic mass is 10.1. The van der Waals surface area contributed by atoms with Crippen molar-refractivity contribution in [3.63, 3.8) is 0 Å². The molecule has 0 aliphatic rings. The van der Waals surface area contributed by atoms with Gasteiger partial charge in [0.1, 0.15) is 5.01 Å². The van der Waals surface area contributed by atoms with E-state index >= 15 is 0 Å². The van der Waals surface area contributed by atoms with Crippen LogP contribution in [0.2, 0.25) is 0 Å². The van der Waals surface area contributed by atoms with Crippen molar-refractivity contribution in [3.8, 4) is 0 Å². The molecule has 2 rings (SSSR count). The fourth-order valence-corrected chi connectivity index (χ4v) is 2.77. The van der Waals surface area contributed by atoms with E-state index in [4.69, 9.17) is 0 Å². The number of sulfonamides is 1. The summed E-state index contributed by atoms with van der Waals surface area (Å²) in [5.41, 5.74) is 1.23. The minimum Gasteiger partial charge on any atom is -0.300 e. The summed E-state index contributed by atoms with van der Waals surface area (Å²) in [6.45, 7) is 1.81. The molecule has 2 aromatic rings. The molecule has 0 spiro atoms. The van der Waals surface area contributed by atoms with Crippen LogP contribution in [-0.2, 0) is 21.2 Å². The number of nitrogens with one attached hydrogen (secondary N) is 2. The summed E-state index contributed by atoms with van der Waals surface area (Å²) in [6.07, 6.45) is 1.26. The molecule has 112 valence electrons. The minimum absolute atomic E-state index is 0.178. The number of aryl methyl sites for hydroxylation is 1. The van der Waals surface area contributed by atoms with Gasteiger partial charge in [-0.25, -0.2) is 8.42 Å². The summed E-state index contributed by atoms with van der Waals surface area (Å²) in [4.78, 5) is 11.8. The van der Waals surface area contributed by atoms with Crippen LogP contribution in [0.3, 0.4) is 0 Å². The number of benzene rings is 1. The van der Waals surface area contributed by atoms with E-state index in [1.165, 1.54) is 11.3 Å². The summed E-state index contributed by atoms with van der Waals surface area (Å²) in [6, 6.07) is 6.61. The zero-order valence-corrected chi connectivity index (χ0v) is 13.1. The summed E-state index contributed by atoms with van der Waals surface area (Å²) in [7, 11) is -3.29. The molecule has 1 amide bonds. The van der Waals surface area contributed by atoms with Crippen molar-refractivity contribution in [1.29, 1.82) is 0 Å². The molecule has 0 saturated heterocycles. The molecule has 0 radical (unpaired) electrons. The SMILES string of the molecule is Cc1nnc(NC(=O)Cc2ccc(NS(C)(=O)=O)cc2)s1. The average Bonchev–Trinajstić information content (AvgIpc) is 2.75. The van der Waals surface area contributed by atoms with Gasteiger partial charge in [-0.1, -0.05) is 23.5 Å². The Labute approximate surface area is 126 Å². The highest BCUT2D eigenvalue weighted by Crippen LogP contribution is 2.15. The molecule has 2 N–H and O–H groups in total. The molecule has 0 unspecified atom stereocenters. The molecule has 1 aromatic heterocycles. The van der Waals surface area contributed by atoms with E-state index in [2.05, 4.69) is 20.2 Å². The molecule has 0 atom stereocenters. The minimum atomic E-state index is -3.29. The quantitative estimate of drug-likeness (QED) is 0.865. The molecule has 9 heteroatoms. The summed E-state index contributed by atoms with van der Waals surface area (Å²) in [5.74, 6) is -0.199. The highest BCUT2D eigenvalue weighted by atomic mass is 32.2. The van der Waals surface area contributed by atoms with Gasteiger partial charge in [0.15, 0.2) is 0 Å². The maximum Gasteiger partial charge on any atom is 0.230 e. The van der Waals surface area contributed by atoms with Crippen LogP contribution >= 0.6 is 11.3 Å². The van der Waals surface area contributed by atoms with Crippen LogP contribution < -0.4 is 10.0 Å². The molecule has 0 aliphatic heterocycles. The summed E-state index contributed by atoms with van der Waals surface area (Å²) >= 11 is 1.30. The van der Waals surface area contributed by atoms with Gasteiger partial charge in [0.05, 0.1) is 12.7 Å². The molecular weight excluding hydrogens is 312 g/mol. The van der Waals surface area contributed by atoms with Gasteiger partial charge in [0.25, 0.3) is 0 Å². The predicted molar refractivity (Wildman–Crippen MR) is 81.9 cm³/mol. The third kappa shape index (κ3) is 5.12. The Morgan fingerprint density at radius 2 is 1.90 bits per heavy atom. The van der Waals surface area contributed by atoms with E-state index in [1.807, 2.05) is 0 Å². The lowest BCUT2D eigenvalue weighted by Gasteiger charge is -2.05. The Morgan fingerprint density at radius 1 is 1.24 bits per heavy atom. The lowest BCUT2D eigenvalue weighted by Crippen LogP contribution is -2.14. The summed E-state index contributed by atoms with van der Waals surface area (Å²) < 4.78 is 24.5. The number of hydrogen-bond acceptors (Lipinski definition) is 6.